The van der Waals surface area contributed by atoms with E-state index in [2.05, 4.69) is 26.3 Å². The fourth-order valence-corrected chi connectivity index (χ4v) is 1.01. The van der Waals surface area contributed by atoms with Gasteiger partial charge in [0.1, 0.15) is 0 Å². The van der Waals surface area contributed by atoms with Gasteiger partial charge in [-0.2, -0.15) is 15.0 Å². The first kappa shape index (κ1) is 17.3. The molecule has 0 aliphatic rings. The molecule has 0 spiro atoms. The van der Waals surface area contributed by atoms with Crippen LogP contribution < -0.4 is 33.3 Å². The minimum absolute atomic E-state index is 0.109. The zero-order valence-electron chi connectivity index (χ0n) is 11.7. The fourth-order valence-electron chi connectivity index (χ4n) is 1.01. The molecule has 0 unspecified atom stereocenters. The number of nitrogens with one attached hydrogen (secondary N) is 3. The number of carbonyl (C=O) groups is 1. The standard InChI is InChI=1S/C7H9N5O2.C3H3N3O3/c1-3(2)4(13)14-7-11-5(8)10-6(9)12-7;7-1-4-2(8)6-3(9)5-1/h1H2,2H3,(H4,8,9,10,11,12);(H3,4,5,6,7,8,9). The first-order valence-electron chi connectivity index (χ1n) is 5.75. The maximum Gasteiger partial charge on any atom is 0.340 e. The minimum atomic E-state index is -0.802. The van der Waals surface area contributed by atoms with Gasteiger partial charge in [0.05, 0.1) is 0 Å². The molecule has 0 radical (unpaired) electrons. The van der Waals surface area contributed by atoms with Gasteiger partial charge in [-0.3, -0.25) is 15.0 Å². The summed E-state index contributed by atoms with van der Waals surface area (Å²) >= 11 is 0. The zero-order valence-corrected chi connectivity index (χ0v) is 11.7. The molecule has 0 saturated carbocycles. The molecule has 2 heterocycles. The number of aromatic amines is 3. The highest BCUT2D eigenvalue weighted by Gasteiger charge is 2.09. The van der Waals surface area contributed by atoms with Crippen molar-refractivity contribution in [2.45, 2.75) is 6.92 Å². The van der Waals surface area contributed by atoms with Crippen molar-refractivity contribution in [1.82, 2.24) is 29.9 Å². The molecule has 0 atom stereocenters. The van der Waals surface area contributed by atoms with Crippen molar-refractivity contribution in [2.75, 3.05) is 11.5 Å². The largest absolute Gasteiger partial charge is 0.387 e. The van der Waals surface area contributed by atoms with Crippen molar-refractivity contribution in [3.63, 3.8) is 0 Å². The Morgan fingerprint density at radius 2 is 1.35 bits per heavy atom. The number of rotatable bonds is 2. The number of ether oxygens (including phenoxy) is 1. The Bertz CT molecular complexity index is 796. The summed E-state index contributed by atoms with van der Waals surface area (Å²) < 4.78 is 4.68. The van der Waals surface area contributed by atoms with Gasteiger partial charge in [-0.15, -0.1) is 0 Å². The summed E-state index contributed by atoms with van der Waals surface area (Å²) in [4.78, 5) is 57.5. The first-order chi connectivity index (χ1) is 10.7. The second-order valence-electron chi connectivity index (χ2n) is 3.87. The smallest absolute Gasteiger partial charge is 0.340 e. The van der Waals surface area contributed by atoms with E-state index in [1.807, 2.05) is 0 Å². The summed E-state index contributed by atoms with van der Waals surface area (Å²) in [7, 11) is 0. The number of nitrogens with zero attached hydrogens (tertiary/aromatic N) is 3. The summed E-state index contributed by atoms with van der Waals surface area (Å²) in [6.07, 6.45) is 0. The molecular weight excluding hydrogens is 312 g/mol. The van der Waals surface area contributed by atoms with Gasteiger partial charge < -0.3 is 16.2 Å². The minimum Gasteiger partial charge on any atom is -0.387 e. The first-order valence-corrected chi connectivity index (χ1v) is 5.75. The number of carbonyl (C=O) groups excluding carboxylic acids is 1. The normalized spacial score (nSPS) is 9.43. The van der Waals surface area contributed by atoms with Gasteiger partial charge in [-0.25, -0.2) is 19.2 Å². The van der Waals surface area contributed by atoms with Crippen molar-refractivity contribution in [3.05, 3.63) is 43.6 Å². The third-order valence-corrected chi connectivity index (χ3v) is 1.86. The zero-order chi connectivity index (χ0) is 17.6. The molecule has 13 heteroatoms. The van der Waals surface area contributed by atoms with Crippen LogP contribution in [0.4, 0.5) is 11.9 Å². The van der Waals surface area contributed by atoms with Crippen LogP contribution in [0.5, 0.6) is 6.01 Å². The Kier molecular flexibility index (Phi) is 5.48. The molecule has 0 saturated heterocycles. The van der Waals surface area contributed by atoms with E-state index in [-0.39, 0.29) is 23.5 Å². The molecule has 2 rings (SSSR count). The lowest BCUT2D eigenvalue weighted by atomic mass is 10.4. The molecule has 2 aromatic rings. The van der Waals surface area contributed by atoms with Gasteiger partial charge in [-0.05, 0) is 6.92 Å². The van der Waals surface area contributed by atoms with Crippen LogP contribution in [-0.4, -0.2) is 35.9 Å². The van der Waals surface area contributed by atoms with Crippen molar-refractivity contribution in [1.29, 1.82) is 0 Å². The van der Waals surface area contributed by atoms with E-state index in [0.717, 1.165) is 0 Å². The molecule has 0 aromatic carbocycles. The second kappa shape index (κ2) is 7.30. The van der Waals surface area contributed by atoms with Crippen LogP contribution in [0.15, 0.2) is 26.5 Å². The number of anilines is 2. The summed E-state index contributed by atoms with van der Waals surface area (Å²) in [6, 6.07) is -0.233. The summed E-state index contributed by atoms with van der Waals surface area (Å²) in [5.74, 6) is -0.862. The Morgan fingerprint density at radius 3 is 1.70 bits per heavy atom. The van der Waals surface area contributed by atoms with E-state index in [1.165, 1.54) is 6.92 Å². The topological polar surface area (TPSA) is 216 Å². The number of esters is 1. The maximum atomic E-state index is 11.0. The van der Waals surface area contributed by atoms with Gasteiger partial charge in [0.15, 0.2) is 0 Å². The molecule has 0 aliphatic carbocycles. The van der Waals surface area contributed by atoms with E-state index in [0.29, 0.717) is 0 Å². The molecule has 7 N–H and O–H groups in total. The van der Waals surface area contributed by atoms with Crippen LogP contribution in [-0.2, 0) is 4.79 Å². The van der Waals surface area contributed by atoms with E-state index < -0.39 is 23.0 Å². The SMILES string of the molecule is C=C(C)C(=O)Oc1nc(N)nc(N)n1.O=c1[nH]c(=O)[nH]c(=O)[nH]1. The Hall–Kier alpha value is -3.77. The van der Waals surface area contributed by atoms with Gasteiger partial charge >= 0.3 is 29.0 Å². The maximum absolute atomic E-state index is 11.0. The average molecular weight is 324 g/mol. The molecule has 23 heavy (non-hydrogen) atoms. The quantitative estimate of drug-likeness (QED) is 0.283. The highest BCUT2D eigenvalue weighted by Crippen LogP contribution is 2.07. The molecule has 2 aromatic heterocycles. The third-order valence-electron chi connectivity index (χ3n) is 1.86. The van der Waals surface area contributed by atoms with Crippen LogP contribution in [0.2, 0.25) is 0 Å². The van der Waals surface area contributed by atoms with Crippen LogP contribution in [0.1, 0.15) is 6.92 Å². The average Bonchev–Trinajstić information content (AvgIpc) is 2.35. The number of H-pyrrole nitrogens is 3. The van der Waals surface area contributed by atoms with Crippen LogP contribution in [0.25, 0.3) is 0 Å². The van der Waals surface area contributed by atoms with Crippen molar-refractivity contribution < 1.29 is 9.53 Å². The van der Waals surface area contributed by atoms with Gasteiger partial charge in [0.2, 0.25) is 11.9 Å². The van der Waals surface area contributed by atoms with Crippen molar-refractivity contribution in [2.24, 2.45) is 0 Å². The molecule has 0 bridgehead atoms. The summed E-state index contributed by atoms with van der Waals surface area (Å²) in [5.41, 5.74) is 8.33. The number of hydrogen-bond acceptors (Lipinski definition) is 10. The predicted molar refractivity (Wildman–Crippen MR) is 77.4 cm³/mol. The monoisotopic (exact) mass is 324 g/mol. The van der Waals surface area contributed by atoms with Crippen LogP contribution in [0, 0.1) is 0 Å². The Labute approximate surface area is 126 Å². The number of nitrogen functional groups attached to an aromatic ring is 2. The lowest BCUT2D eigenvalue weighted by Crippen LogP contribution is -2.34. The Morgan fingerprint density at radius 1 is 0.957 bits per heavy atom. The number of aromatic nitrogens is 6. The molecule has 0 amide bonds. The molecule has 13 nitrogen and oxygen atoms in total. The Balaban J connectivity index is 0.000000253. The highest BCUT2D eigenvalue weighted by molar-refractivity contribution is 5.88. The summed E-state index contributed by atoms with van der Waals surface area (Å²) in [6.45, 7) is 4.88. The fraction of sp³-hybridized carbons (Fsp3) is 0.100. The number of hydrogen-bond donors (Lipinski definition) is 5. The van der Waals surface area contributed by atoms with Crippen molar-refractivity contribution >= 4 is 17.9 Å². The number of nitrogens with two attached hydrogens (primary N) is 2. The van der Waals surface area contributed by atoms with E-state index in [1.54, 1.807) is 15.0 Å². The van der Waals surface area contributed by atoms with E-state index in [9.17, 15) is 19.2 Å². The van der Waals surface area contributed by atoms with E-state index >= 15 is 0 Å². The highest BCUT2D eigenvalue weighted by atomic mass is 16.5. The molecular formula is C10H12N8O5. The van der Waals surface area contributed by atoms with Crippen LogP contribution >= 0.6 is 0 Å². The predicted octanol–water partition coefficient (Wildman–Crippen LogP) is -2.73. The lowest BCUT2D eigenvalue weighted by molar-refractivity contribution is -0.130. The van der Waals surface area contributed by atoms with Gasteiger partial charge in [0, 0.05) is 5.57 Å². The van der Waals surface area contributed by atoms with Gasteiger partial charge in [0.25, 0.3) is 0 Å². The third kappa shape index (κ3) is 6.03. The van der Waals surface area contributed by atoms with Gasteiger partial charge in [-0.1, -0.05) is 6.58 Å². The summed E-state index contributed by atoms with van der Waals surface area (Å²) in [5, 5.41) is 0. The van der Waals surface area contributed by atoms with Crippen molar-refractivity contribution in [3.8, 4) is 6.01 Å². The molecule has 0 fully saturated rings. The van der Waals surface area contributed by atoms with E-state index in [4.69, 9.17) is 11.5 Å². The second-order valence-corrected chi connectivity index (χ2v) is 3.87. The molecule has 122 valence electrons. The lowest BCUT2D eigenvalue weighted by Gasteiger charge is -2.02. The molecule has 0 aliphatic heterocycles. The van der Waals surface area contributed by atoms with Crippen LogP contribution in [0.3, 0.4) is 0 Å².